The fraction of sp³-hybridized carbons (Fsp3) is 0.471. The van der Waals surface area contributed by atoms with Crippen LogP contribution in [0.2, 0.25) is 0 Å². The van der Waals surface area contributed by atoms with E-state index in [1.165, 1.54) is 17.0 Å². The summed E-state index contributed by atoms with van der Waals surface area (Å²) in [5.74, 6) is -0.425. The Kier molecular flexibility index (Phi) is 4.87. The molecule has 9 heteroatoms. The first kappa shape index (κ1) is 18.9. The number of hydrogen-bond acceptors (Lipinski definition) is 5. The van der Waals surface area contributed by atoms with Crippen molar-refractivity contribution in [3.8, 4) is 0 Å². The van der Waals surface area contributed by atoms with Crippen LogP contribution >= 0.6 is 0 Å². The number of halogens is 1. The van der Waals surface area contributed by atoms with Gasteiger partial charge in [-0.3, -0.25) is 4.79 Å². The van der Waals surface area contributed by atoms with Gasteiger partial charge in [-0.2, -0.15) is 0 Å². The summed E-state index contributed by atoms with van der Waals surface area (Å²) in [5.41, 5.74) is 0.113. The highest BCUT2D eigenvalue weighted by atomic mass is 32.2. The third kappa shape index (κ3) is 3.93. The van der Waals surface area contributed by atoms with E-state index in [1.54, 1.807) is 6.07 Å². The number of carbonyl (C=O) groups excluding carboxylic acids is 1. The number of benzene rings is 1. The van der Waals surface area contributed by atoms with Crippen LogP contribution in [0.3, 0.4) is 0 Å². The number of carbonyl (C=O) groups is 1. The standard InChI is InChI=1S/C17H21BFNO5S/c1-12-17(2,3)25-18(24-12)14-5-4-13(15(19)11-14)10-16(21)20-6-8-26(22,23)9-7-20/h4-5,11H,1,6-10H2,2-3H3. The van der Waals surface area contributed by atoms with Gasteiger partial charge in [0.1, 0.15) is 11.4 Å². The SMILES string of the molecule is C=C1OB(c2ccc(CC(=O)N3CCS(=O)(=O)CC3)c(F)c2)OC1(C)C. The molecule has 1 amide bonds. The average molecular weight is 381 g/mol. The second kappa shape index (κ2) is 6.70. The zero-order chi connectivity index (χ0) is 19.1. The van der Waals surface area contributed by atoms with Gasteiger partial charge in [-0.15, -0.1) is 0 Å². The zero-order valence-electron chi connectivity index (χ0n) is 14.8. The first-order valence-corrected chi connectivity index (χ1v) is 10.2. The average Bonchev–Trinajstić information content (AvgIpc) is 2.82. The highest BCUT2D eigenvalue weighted by Gasteiger charge is 2.43. The van der Waals surface area contributed by atoms with E-state index in [-0.39, 0.29) is 42.5 Å². The Balaban J connectivity index is 1.67. The molecule has 3 rings (SSSR count). The van der Waals surface area contributed by atoms with Gasteiger partial charge < -0.3 is 14.2 Å². The lowest BCUT2D eigenvalue weighted by molar-refractivity contribution is -0.130. The van der Waals surface area contributed by atoms with Gasteiger partial charge in [-0.05, 0) is 30.9 Å². The summed E-state index contributed by atoms with van der Waals surface area (Å²) in [6, 6.07) is 4.48. The molecule has 2 aliphatic heterocycles. The van der Waals surface area contributed by atoms with E-state index in [2.05, 4.69) is 6.58 Å². The monoisotopic (exact) mass is 381 g/mol. The summed E-state index contributed by atoms with van der Waals surface area (Å²) in [5, 5.41) is 0. The van der Waals surface area contributed by atoms with Crippen LogP contribution in [0.25, 0.3) is 0 Å². The molecule has 0 spiro atoms. The van der Waals surface area contributed by atoms with Crippen LogP contribution in [0.5, 0.6) is 0 Å². The maximum absolute atomic E-state index is 14.4. The summed E-state index contributed by atoms with van der Waals surface area (Å²) in [6.45, 7) is 7.73. The van der Waals surface area contributed by atoms with Crippen LogP contribution in [0.15, 0.2) is 30.5 Å². The number of hydrogen-bond donors (Lipinski definition) is 0. The number of amides is 1. The lowest BCUT2D eigenvalue weighted by Crippen LogP contribution is -2.44. The molecule has 0 saturated carbocycles. The van der Waals surface area contributed by atoms with Crippen LogP contribution in [0.4, 0.5) is 4.39 Å². The van der Waals surface area contributed by atoms with Crippen molar-refractivity contribution in [3.05, 3.63) is 41.9 Å². The van der Waals surface area contributed by atoms with Crippen LogP contribution < -0.4 is 5.46 Å². The van der Waals surface area contributed by atoms with Gasteiger partial charge in [0.25, 0.3) is 0 Å². The molecule has 1 aromatic rings. The maximum Gasteiger partial charge on any atom is 0.563 e. The van der Waals surface area contributed by atoms with Crippen molar-refractivity contribution in [2.24, 2.45) is 0 Å². The third-order valence-electron chi connectivity index (χ3n) is 4.71. The topological polar surface area (TPSA) is 72.9 Å². The molecule has 140 valence electrons. The van der Waals surface area contributed by atoms with Crippen molar-refractivity contribution in [1.29, 1.82) is 0 Å². The minimum atomic E-state index is -3.06. The van der Waals surface area contributed by atoms with Crippen molar-refractivity contribution in [1.82, 2.24) is 4.90 Å². The van der Waals surface area contributed by atoms with E-state index in [4.69, 9.17) is 9.31 Å². The summed E-state index contributed by atoms with van der Waals surface area (Å²) in [6.07, 6.45) is -0.114. The van der Waals surface area contributed by atoms with Crippen molar-refractivity contribution in [2.75, 3.05) is 24.6 Å². The van der Waals surface area contributed by atoms with Gasteiger partial charge in [-0.1, -0.05) is 18.7 Å². The van der Waals surface area contributed by atoms with Gasteiger partial charge in [0.05, 0.1) is 23.7 Å². The molecule has 0 aliphatic carbocycles. The smallest absolute Gasteiger partial charge is 0.534 e. The van der Waals surface area contributed by atoms with E-state index in [0.717, 1.165) is 0 Å². The Morgan fingerprint density at radius 2 is 2.00 bits per heavy atom. The molecule has 2 fully saturated rings. The van der Waals surface area contributed by atoms with Crippen molar-refractivity contribution < 1.29 is 26.9 Å². The Morgan fingerprint density at radius 3 is 2.54 bits per heavy atom. The van der Waals surface area contributed by atoms with Crippen molar-refractivity contribution in [2.45, 2.75) is 25.9 Å². The van der Waals surface area contributed by atoms with E-state index in [1.807, 2.05) is 13.8 Å². The molecule has 0 atom stereocenters. The highest BCUT2D eigenvalue weighted by Crippen LogP contribution is 2.29. The summed E-state index contributed by atoms with van der Waals surface area (Å²) in [7, 11) is -3.79. The largest absolute Gasteiger partial charge is 0.563 e. The minimum Gasteiger partial charge on any atom is -0.534 e. The van der Waals surface area contributed by atoms with Gasteiger partial charge in [0.2, 0.25) is 5.91 Å². The van der Waals surface area contributed by atoms with Crippen LogP contribution in [0.1, 0.15) is 19.4 Å². The zero-order valence-corrected chi connectivity index (χ0v) is 15.6. The van der Waals surface area contributed by atoms with Crippen LogP contribution in [0, 0.1) is 5.82 Å². The summed E-state index contributed by atoms with van der Waals surface area (Å²) < 4.78 is 48.6. The van der Waals surface area contributed by atoms with Crippen molar-refractivity contribution >= 4 is 28.3 Å². The quantitative estimate of drug-likeness (QED) is 0.720. The lowest BCUT2D eigenvalue weighted by Gasteiger charge is -2.26. The van der Waals surface area contributed by atoms with Crippen LogP contribution in [-0.4, -0.2) is 56.5 Å². The van der Waals surface area contributed by atoms with Gasteiger partial charge >= 0.3 is 7.12 Å². The molecule has 2 saturated heterocycles. The Morgan fingerprint density at radius 1 is 1.35 bits per heavy atom. The Hall–Kier alpha value is -1.87. The predicted molar refractivity (Wildman–Crippen MR) is 96.1 cm³/mol. The molecular weight excluding hydrogens is 360 g/mol. The summed E-state index contributed by atoms with van der Waals surface area (Å²) in [4.78, 5) is 13.8. The number of nitrogens with zero attached hydrogens (tertiary/aromatic N) is 1. The van der Waals surface area contributed by atoms with Gasteiger partial charge in [0, 0.05) is 13.1 Å². The molecule has 0 aromatic heterocycles. The van der Waals surface area contributed by atoms with E-state index >= 15 is 0 Å². The molecule has 6 nitrogen and oxygen atoms in total. The Labute approximate surface area is 153 Å². The summed E-state index contributed by atoms with van der Waals surface area (Å²) >= 11 is 0. The van der Waals surface area contributed by atoms with Gasteiger partial charge in [0.15, 0.2) is 9.84 Å². The molecule has 2 heterocycles. The molecule has 0 radical (unpaired) electrons. The second-order valence-corrected chi connectivity index (χ2v) is 9.36. The molecule has 1 aromatic carbocycles. The van der Waals surface area contributed by atoms with E-state index in [0.29, 0.717) is 11.2 Å². The third-order valence-corrected chi connectivity index (χ3v) is 6.32. The first-order chi connectivity index (χ1) is 12.1. The number of rotatable bonds is 3. The normalized spacial score (nSPS) is 21.6. The fourth-order valence-corrected chi connectivity index (χ4v) is 4.06. The van der Waals surface area contributed by atoms with Crippen LogP contribution in [-0.2, 0) is 30.4 Å². The van der Waals surface area contributed by atoms with E-state index < -0.39 is 28.4 Å². The molecule has 0 bridgehead atoms. The lowest BCUT2D eigenvalue weighted by atomic mass is 9.78. The first-order valence-electron chi connectivity index (χ1n) is 8.38. The predicted octanol–water partition coefficient (Wildman–Crippen LogP) is 0.660. The Bertz CT molecular complexity index is 841. The fourth-order valence-electron chi connectivity index (χ4n) is 2.85. The molecule has 0 unspecified atom stereocenters. The maximum atomic E-state index is 14.4. The van der Waals surface area contributed by atoms with E-state index in [9.17, 15) is 17.6 Å². The molecule has 2 aliphatic rings. The second-order valence-electron chi connectivity index (χ2n) is 7.06. The molecule has 0 N–H and O–H groups in total. The van der Waals surface area contributed by atoms with Crippen molar-refractivity contribution in [3.63, 3.8) is 0 Å². The number of sulfone groups is 1. The minimum absolute atomic E-state index is 0.0454. The molecule has 26 heavy (non-hydrogen) atoms. The highest BCUT2D eigenvalue weighted by molar-refractivity contribution is 7.91. The van der Waals surface area contributed by atoms with Gasteiger partial charge in [-0.25, -0.2) is 12.8 Å². The molecular formula is C17H21BFNO5S.